The summed E-state index contributed by atoms with van der Waals surface area (Å²) in [6, 6.07) is 15.5. The Bertz CT molecular complexity index is 697. The third-order valence-electron chi connectivity index (χ3n) is 4.15. The molecule has 0 radical (unpaired) electrons. The van der Waals surface area contributed by atoms with Crippen LogP contribution in [0.15, 0.2) is 57.5 Å². The van der Waals surface area contributed by atoms with Gasteiger partial charge in [-0.15, -0.1) is 0 Å². The van der Waals surface area contributed by atoms with Gasteiger partial charge < -0.3 is 10.1 Å². The third kappa shape index (κ3) is 3.67. The van der Waals surface area contributed by atoms with Crippen molar-refractivity contribution >= 4 is 37.8 Å². The van der Waals surface area contributed by atoms with E-state index in [1.165, 1.54) is 0 Å². The highest BCUT2D eigenvalue weighted by Gasteiger charge is 2.38. The van der Waals surface area contributed by atoms with E-state index in [-0.39, 0.29) is 5.97 Å². The van der Waals surface area contributed by atoms with Crippen molar-refractivity contribution in [3.63, 3.8) is 0 Å². The molecule has 1 saturated heterocycles. The summed E-state index contributed by atoms with van der Waals surface area (Å²) in [6.45, 7) is 1.67. The Kier molecular flexibility index (Phi) is 5.19. The highest BCUT2D eigenvalue weighted by atomic mass is 79.9. The number of halogens is 2. The van der Waals surface area contributed by atoms with Gasteiger partial charge in [-0.25, -0.2) is 4.79 Å². The van der Waals surface area contributed by atoms with Crippen molar-refractivity contribution in [2.24, 2.45) is 0 Å². The molecule has 2 aromatic carbocycles. The van der Waals surface area contributed by atoms with Crippen molar-refractivity contribution in [3.8, 4) is 0 Å². The van der Waals surface area contributed by atoms with E-state index >= 15 is 0 Å². The van der Waals surface area contributed by atoms with Crippen LogP contribution in [0.4, 0.5) is 0 Å². The number of esters is 1. The van der Waals surface area contributed by atoms with Gasteiger partial charge in [0.15, 0.2) is 0 Å². The topological polar surface area (TPSA) is 38.3 Å². The monoisotopic (exact) mass is 437 g/mol. The largest absolute Gasteiger partial charge is 0.450 e. The molecule has 0 spiro atoms. The number of hydrogen-bond acceptors (Lipinski definition) is 3. The van der Waals surface area contributed by atoms with Gasteiger partial charge in [-0.3, -0.25) is 0 Å². The first-order valence-electron chi connectivity index (χ1n) is 7.55. The molecular weight excluding hydrogens is 422 g/mol. The molecule has 2 aromatic rings. The summed E-state index contributed by atoms with van der Waals surface area (Å²) >= 11 is 6.84. The van der Waals surface area contributed by atoms with Crippen molar-refractivity contribution in [1.29, 1.82) is 0 Å². The van der Waals surface area contributed by atoms with Gasteiger partial charge >= 0.3 is 5.97 Å². The van der Waals surface area contributed by atoms with Gasteiger partial charge in [-0.2, -0.15) is 0 Å². The molecule has 3 nitrogen and oxygen atoms in total. The van der Waals surface area contributed by atoms with Crippen LogP contribution in [0.3, 0.4) is 0 Å². The lowest BCUT2D eigenvalue weighted by atomic mass is 9.84. The Morgan fingerprint density at radius 2 is 1.74 bits per heavy atom. The number of nitrogens with one attached hydrogen (secondary N) is 1. The molecule has 0 aromatic heterocycles. The number of rotatable bonds is 3. The number of hydrogen-bond donors (Lipinski definition) is 1. The van der Waals surface area contributed by atoms with E-state index in [1.807, 2.05) is 42.5 Å². The highest BCUT2D eigenvalue weighted by Crippen LogP contribution is 2.36. The molecule has 1 aliphatic heterocycles. The number of carbonyl (C=O) groups excluding carboxylic acids is 1. The molecule has 1 N–H and O–H groups in total. The minimum Gasteiger partial charge on any atom is -0.450 e. The van der Waals surface area contributed by atoms with Crippen molar-refractivity contribution < 1.29 is 9.53 Å². The van der Waals surface area contributed by atoms with Gasteiger partial charge in [0.1, 0.15) is 5.60 Å². The smallest absolute Gasteiger partial charge is 0.340 e. The van der Waals surface area contributed by atoms with Gasteiger partial charge in [0.25, 0.3) is 0 Å². The zero-order chi connectivity index (χ0) is 16.3. The number of benzene rings is 2. The van der Waals surface area contributed by atoms with Crippen molar-refractivity contribution in [2.75, 3.05) is 13.1 Å². The second kappa shape index (κ2) is 7.16. The predicted octanol–water partition coefficient (Wildman–Crippen LogP) is 4.65. The van der Waals surface area contributed by atoms with Gasteiger partial charge in [0.05, 0.1) is 5.56 Å². The second-order valence-electron chi connectivity index (χ2n) is 5.62. The molecule has 0 atom stereocenters. The normalized spacial score (nSPS) is 16.8. The molecular formula is C18H17Br2NO2. The number of carbonyl (C=O) groups is 1. The predicted molar refractivity (Wildman–Crippen MR) is 97.5 cm³/mol. The van der Waals surface area contributed by atoms with Crippen LogP contribution in [0.2, 0.25) is 0 Å². The first-order chi connectivity index (χ1) is 11.1. The molecule has 1 fully saturated rings. The van der Waals surface area contributed by atoms with Crippen LogP contribution in [-0.4, -0.2) is 19.1 Å². The maximum Gasteiger partial charge on any atom is 0.340 e. The van der Waals surface area contributed by atoms with E-state index in [0.717, 1.165) is 40.4 Å². The highest BCUT2D eigenvalue weighted by molar-refractivity contribution is 9.11. The van der Waals surface area contributed by atoms with Crippen LogP contribution in [0.25, 0.3) is 0 Å². The van der Waals surface area contributed by atoms with E-state index in [9.17, 15) is 4.79 Å². The Morgan fingerprint density at radius 3 is 2.39 bits per heavy atom. The molecule has 0 saturated carbocycles. The van der Waals surface area contributed by atoms with E-state index in [2.05, 4.69) is 37.2 Å². The van der Waals surface area contributed by atoms with E-state index in [1.54, 1.807) is 6.07 Å². The van der Waals surface area contributed by atoms with Gasteiger partial charge in [0.2, 0.25) is 0 Å². The number of piperidine rings is 1. The molecule has 0 unspecified atom stereocenters. The summed E-state index contributed by atoms with van der Waals surface area (Å²) in [5.41, 5.74) is 1.04. The fourth-order valence-corrected chi connectivity index (χ4v) is 4.12. The molecule has 120 valence electrons. The summed E-state index contributed by atoms with van der Waals surface area (Å²) in [5, 5.41) is 3.33. The van der Waals surface area contributed by atoms with Crippen LogP contribution in [0.1, 0.15) is 28.8 Å². The average Bonchev–Trinajstić information content (AvgIpc) is 2.56. The molecule has 0 bridgehead atoms. The maximum absolute atomic E-state index is 12.7. The molecule has 0 amide bonds. The SMILES string of the molecule is O=C(OC1(c2ccccc2)CCNCC1)c1ccc(Br)cc1Br. The van der Waals surface area contributed by atoms with E-state index in [0.29, 0.717) is 5.56 Å². The minimum absolute atomic E-state index is 0.296. The van der Waals surface area contributed by atoms with Gasteiger partial charge in [0, 0.05) is 21.8 Å². The summed E-state index contributed by atoms with van der Waals surface area (Å²) in [4.78, 5) is 12.7. The standard InChI is InChI=1S/C18H17Br2NO2/c19-14-6-7-15(16(20)12-14)17(22)23-18(8-10-21-11-9-18)13-4-2-1-3-5-13/h1-7,12,21H,8-11H2. The first-order valence-corrected chi connectivity index (χ1v) is 9.14. The zero-order valence-electron chi connectivity index (χ0n) is 12.5. The van der Waals surface area contributed by atoms with Crippen LogP contribution in [0.5, 0.6) is 0 Å². The summed E-state index contributed by atoms with van der Waals surface area (Å²) < 4.78 is 7.70. The van der Waals surface area contributed by atoms with Gasteiger partial charge in [-0.1, -0.05) is 46.3 Å². The lowest BCUT2D eigenvalue weighted by molar-refractivity contribution is -0.0379. The van der Waals surface area contributed by atoms with Crippen molar-refractivity contribution in [3.05, 3.63) is 68.6 Å². The van der Waals surface area contributed by atoms with Crippen molar-refractivity contribution in [2.45, 2.75) is 18.4 Å². The van der Waals surface area contributed by atoms with Crippen LogP contribution < -0.4 is 5.32 Å². The molecule has 23 heavy (non-hydrogen) atoms. The summed E-state index contributed by atoms with van der Waals surface area (Å²) in [7, 11) is 0. The molecule has 1 heterocycles. The quantitative estimate of drug-likeness (QED) is 0.709. The lowest BCUT2D eigenvalue weighted by Gasteiger charge is -2.37. The molecule has 3 rings (SSSR count). The average molecular weight is 439 g/mol. The van der Waals surface area contributed by atoms with Crippen LogP contribution in [0, 0.1) is 0 Å². The molecule has 1 aliphatic rings. The Hall–Kier alpha value is -1.17. The molecule has 0 aliphatic carbocycles. The maximum atomic E-state index is 12.7. The number of ether oxygens (including phenoxy) is 1. The van der Waals surface area contributed by atoms with Gasteiger partial charge in [-0.05, 0) is 52.8 Å². The molecule has 5 heteroatoms. The van der Waals surface area contributed by atoms with Crippen LogP contribution in [-0.2, 0) is 10.3 Å². The van der Waals surface area contributed by atoms with E-state index in [4.69, 9.17) is 4.74 Å². The minimum atomic E-state index is -0.559. The Labute approximate surface area is 152 Å². The fraction of sp³-hybridized carbons (Fsp3) is 0.278. The third-order valence-corrected chi connectivity index (χ3v) is 5.30. The fourth-order valence-electron chi connectivity index (χ4n) is 2.91. The zero-order valence-corrected chi connectivity index (χ0v) is 15.7. The second-order valence-corrected chi connectivity index (χ2v) is 7.39. The van der Waals surface area contributed by atoms with Crippen molar-refractivity contribution in [1.82, 2.24) is 5.32 Å². The Morgan fingerprint density at radius 1 is 1.04 bits per heavy atom. The van der Waals surface area contributed by atoms with Crippen LogP contribution >= 0.6 is 31.9 Å². The van der Waals surface area contributed by atoms with E-state index < -0.39 is 5.60 Å². The summed E-state index contributed by atoms with van der Waals surface area (Å²) in [5.74, 6) is -0.296. The lowest BCUT2D eigenvalue weighted by Crippen LogP contribution is -2.43. The summed E-state index contributed by atoms with van der Waals surface area (Å²) in [6.07, 6.45) is 1.55. The Balaban J connectivity index is 1.91. The first kappa shape index (κ1) is 16.7.